The van der Waals surface area contributed by atoms with Gasteiger partial charge in [-0.15, -0.1) is 0 Å². The summed E-state index contributed by atoms with van der Waals surface area (Å²) in [5, 5.41) is 3.24. The van der Waals surface area contributed by atoms with Crippen LogP contribution in [-0.2, 0) is 22.6 Å². The van der Waals surface area contributed by atoms with Crippen molar-refractivity contribution >= 4 is 11.8 Å². The first-order chi connectivity index (χ1) is 16.6. The van der Waals surface area contributed by atoms with Gasteiger partial charge in [0.1, 0.15) is 19.3 Å². The Morgan fingerprint density at radius 2 is 1.71 bits per heavy atom. The van der Waals surface area contributed by atoms with Gasteiger partial charge in [-0.25, -0.2) is 0 Å². The molecule has 182 valence electrons. The van der Waals surface area contributed by atoms with E-state index < -0.39 is 6.04 Å². The maximum absolute atomic E-state index is 13.5. The molecule has 1 N–H and O–H groups in total. The highest BCUT2D eigenvalue weighted by Gasteiger charge is 2.30. The van der Waals surface area contributed by atoms with Crippen LogP contribution in [0.1, 0.15) is 63.0 Å². The highest BCUT2D eigenvalue weighted by molar-refractivity contribution is 5.88. The smallest absolute Gasteiger partial charge is 0.243 e. The lowest BCUT2D eigenvalue weighted by Crippen LogP contribution is -2.51. The number of rotatable bonds is 9. The summed E-state index contributed by atoms with van der Waals surface area (Å²) in [5.74, 6) is 1.44. The first-order valence-electron chi connectivity index (χ1n) is 12.7. The van der Waals surface area contributed by atoms with Gasteiger partial charge in [0, 0.05) is 19.0 Å². The number of hydrogen-bond donors (Lipinski definition) is 1. The van der Waals surface area contributed by atoms with Crippen LogP contribution in [-0.4, -0.2) is 42.0 Å². The van der Waals surface area contributed by atoms with Gasteiger partial charge in [-0.2, -0.15) is 0 Å². The number of fused-ring (bicyclic) bond motifs is 1. The zero-order valence-corrected chi connectivity index (χ0v) is 20.1. The predicted molar refractivity (Wildman–Crippen MR) is 132 cm³/mol. The van der Waals surface area contributed by atoms with Crippen molar-refractivity contribution in [3.8, 4) is 11.5 Å². The zero-order chi connectivity index (χ0) is 23.8. The lowest BCUT2D eigenvalue weighted by molar-refractivity contribution is -0.141. The van der Waals surface area contributed by atoms with E-state index in [4.69, 9.17) is 9.47 Å². The molecule has 0 aromatic heterocycles. The minimum absolute atomic E-state index is 0.00983. The highest BCUT2D eigenvalue weighted by Crippen LogP contribution is 2.31. The predicted octanol–water partition coefficient (Wildman–Crippen LogP) is 4.65. The van der Waals surface area contributed by atoms with Crippen molar-refractivity contribution in [3.05, 3.63) is 59.7 Å². The third-order valence-corrected chi connectivity index (χ3v) is 6.77. The average molecular weight is 465 g/mol. The third kappa shape index (κ3) is 6.31. The molecule has 34 heavy (non-hydrogen) atoms. The molecule has 4 rings (SSSR count). The molecule has 0 saturated heterocycles. The van der Waals surface area contributed by atoms with Crippen molar-refractivity contribution < 1.29 is 19.1 Å². The van der Waals surface area contributed by atoms with E-state index >= 15 is 0 Å². The van der Waals surface area contributed by atoms with E-state index in [9.17, 15) is 9.59 Å². The number of nitrogens with one attached hydrogen (secondary N) is 1. The van der Waals surface area contributed by atoms with E-state index in [0.717, 1.165) is 48.3 Å². The van der Waals surface area contributed by atoms with Crippen molar-refractivity contribution in [2.24, 2.45) is 0 Å². The van der Waals surface area contributed by atoms with Gasteiger partial charge in [-0.05, 0) is 48.9 Å². The van der Waals surface area contributed by atoms with Gasteiger partial charge in [0.2, 0.25) is 11.8 Å². The normalized spacial score (nSPS) is 16.5. The van der Waals surface area contributed by atoms with Gasteiger partial charge < -0.3 is 19.7 Å². The molecule has 6 heteroatoms. The van der Waals surface area contributed by atoms with E-state index in [1.54, 1.807) is 4.90 Å². The molecule has 0 radical (unpaired) electrons. The topological polar surface area (TPSA) is 67.9 Å². The number of aryl methyl sites for hydroxylation is 1. The number of ether oxygens (including phenoxy) is 2. The molecule has 2 aromatic carbocycles. The van der Waals surface area contributed by atoms with E-state index in [-0.39, 0.29) is 17.9 Å². The Balaban J connectivity index is 1.46. The third-order valence-electron chi connectivity index (χ3n) is 6.77. The van der Waals surface area contributed by atoms with E-state index in [1.165, 1.54) is 6.42 Å². The Bertz CT molecular complexity index is 956. The zero-order valence-electron chi connectivity index (χ0n) is 20.1. The van der Waals surface area contributed by atoms with Crippen LogP contribution >= 0.6 is 0 Å². The van der Waals surface area contributed by atoms with Crippen LogP contribution in [0.2, 0.25) is 0 Å². The fourth-order valence-electron chi connectivity index (χ4n) is 4.88. The molecule has 0 spiro atoms. The van der Waals surface area contributed by atoms with Crippen molar-refractivity contribution in [3.63, 3.8) is 0 Å². The lowest BCUT2D eigenvalue weighted by atomic mass is 9.95. The van der Waals surface area contributed by atoms with Gasteiger partial charge in [0.25, 0.3) is 0 Å². The lowest BCUT2D eigenvalue weighted by Gasteiger charge is -2.33. The Morgan fingerprint density at radius 3 is 2.44 bits per heavy atom. The quantitative estimate of drug-likeness (QED) is 0.587. The molecule has 6 nitrogen and oxygen atoms in total. The van der Waals surface area contributed by atoms with E-state index in [2.05, 4.69) is 5.32 Å². The summed E-state index contributed by atoms with van der Waals surface area (Å²) < 4.78 is 11.3. The number of carbonyl (C=O) groups excluding carboxylic acids is 2. The molecule has 1 atom stereocenters. The molecular formula is C28H36N2O4. The SMILES string of the molecule is CC[C@H](C(=O)NC1CCCCC1)N(Cc1ccccc1)C(=O)CCc1ccc2c(c1)OCCO2. The maximum Gasteiger partial charge on any atom is 0.243 e. The Labute approximate surface area is 202 Å². The van der Waals surface area contributed by atoms with Crippen LogP contribution in [0.5, 0.6) is 11.5 Å². The molecule has 1 aliphatic heterocycles. The second kappa shape index (κ2) is 11.9. The second-order valence-electron chi connectivity index (χ2n) is 9.25. The molecule has 2 amide bonds. The summed E-state index contributed by atoms with van der Waals surface area (Å²) in [4.78, 5) is 28.5. The minimum Gasteiger partial charge on any atom is -0.486 e. The molecule has 1 saturated carbocycles. The Morgan fingerprint density at radius 1 is 0.971 bits per heavy atom. The molecule has 1 heterocycles. The van der Waals surface area contributed by atoms with Crippen molar-refractivity contribution in [1.29, 1.82) is 0 Å². The van der Waals surface area contributed by atoms with Crippen LogP contribution < -0.4 is 14.8 Å². The van der Waals surface area contributed by atoms with Crippen molar-refractivity contribution in [2.45, 2.75) is 76.9 Å². The molecule has 1 aliphatic carbocycles. The first kappa shape index (κ1) is 24.1. The molecule has 0 unspecified atom stereocenters. The highest BCUT2D eigenvalue weighted by atomic mass is 16.6. The summed E-state index contributed by atoms with van der Waals surface area (Å²) in [5.41, 5.74) is 2.05. The van der Waals surface area contributed by atoms with Crippen LogP contribution in [0.15, 0.2) is 48.5 Å². The first-order valence-corrected chi connectivity index (χ1v) is 12.7. The van der Waals surface area contributed by atoms with Crippen molar-refractivity contribution in [2.75, 3.05) is 13.2 Å². The fourth-order valence-corrected chi connectivity index (χ4v) is 4.88. The summed E-state index contributed by atoms with van der Waals surface area (Å²) in [6.45, 7) is 3.50. The number of nitrogens with zero attached hydrogens (tertiary/aromatic N) is 1. The number of hydrogen-bond acceptors (Lipinski definition) is 4. The molecule has 1 fully saturated rings. The van der Waals surface area contributed by atoms with E-state index in [1.807, 2.05) is 55.5 Å². The average Bonchev–Trinajstić information content (AvgIpc) is 2.88. The van der Waals surface area contributed by atoms with Gasteiger partial charge in [-0.1, -0.05) is 62.6 Å². The number of carbonyl (C=O) groups is 2. The minimum atomic E-state index is -0.477. The van der Waals surface area contributed by atoms with Gasteiger partial charge in [0.15, 0.2) is 11.5 Å². The molecule has 2 aromatic rings. The van der Waals surface area contributed by atoms with Gasteiger partial charge >= 0.3 is 0 Å². The maximum atomic E-state index is 13.5. The fraction of sp³-hybridized carbons (Fsp3) is 0.500. The monoisotopic (exact) mass is 464 g/mol. The molecular weight excluding hydrogens is 428 g/mol. The Hall–Kier alpha value is -3.02. The van der Waals surface area contributed by atoms with Crippen LogP contribution in [0.3, 0.4) is 0 Å². The second-order valence-corrected chi connectivity index (χ2v) is 9.25. The Kier molecular flexibility index (Phi) is 8.45. The van der Waals surface area contributed by atoms with Gasteiger partial charge in [0.05, 0.1) is 0 Å². The van der Waals surface area contributed by atoms with Gasteiger partial charge in [-0.3, -0.25) is 9.59 Å². The van der Waals surface area contributed by atoms with E-state index in [0.29, 0.717) is 39.0 Å². The molecule has 2 aliphatic rings. The molecule has 0 bridgehead atoms. The van der Waals surface area contributed by atoms with Crippen LogP contribution in [0.25, 0.3) is 0 Å². The standard InChI is InChI=1S/C28H36N2O4/c1-2-24(28(32)29-23-11-7-4-8-12-23)30(20-22-9-5-3-6-10-22)27(31)16-14-21-13-15-25-26(19-21)34-18-17-33-25/h3,5-6,9-10,13,15,19,23-24H,2,4,7-8,11-12,14,16-18,20H2,1H3,(H,29,32)/t24-/m1/s1. The summed E-state index contributed by atoms with van der Waals surface area (Å²) >= 11 is 0. The van der Waals surface area contributed by atoms with Crippen LogP contribution in [0, 0.1) is 0 Å². The number of benzene rings is 2. The summed E-state index contributed by atoms with van der Waals surface area (Å²) in [6.07, 6.45) is 7.11. The number of amides is 2. The largest absolute Gasteiger partial charge is 0.486 e. The van der Waals surface area contributed by atoms with Crippen molar-refractivity contribution in [1.82, 2.24) is 10.2 Å². The summed E-state index contributed by atoms with van der Waals surface area (Å²) in [7, 11) is 0. The van der Waals surface area contributed by atoms with Crippen LogP contribution in [0.4, 0.5) is 0 Å². The summed E-state index contributed by atoms with van der Waals surface area (Å²) in [6, 6.07) is 15.5.